The van der Waals surface area contributed by atoms with Gasteiger partial charge in [-0.25, -0.2) is 0 Å². The van der Waals surface area contributed by atoms with Crippen molar-refractivity contribution in [2.24, 2.45) is 0 Å². The average Bonchev–Trinajstić information content (AvgIpc) is 3.89. The van der Waals surface area contributed by atoms with E-state index >= 15 is 0 Å². The molecule has 3 aromatic heterocycles. The fraction of sp³-hybridized carbons (Fsp3) is 0. The molecule has 12 aromatic rings. The van der Waals surface area contributed by atoms with Crippen LogP contribution in [0.3, 0.4) is 0 Å². The van der Waals surface area contributed by atoms with Crippen molar-refractivity contribution in [3.05, 3.63) is 224 Å². The molecule has 0 fully saturated rings. The van der Waals surface area contributed by atoms with Crippen LogP contribution in [0.25, 0.3) is 78.0 Å². The number of fused-ring (bicyclic) bond motifs is 8. The van der Waals surface area contributed by atoms with Crippen molar-refractivity contribution in [2.75, 3.05) is 0 Å². The predicted molar refractivity (Wildman–Crippen MR) is 263 cm³/mol. The Morgan fingerprint density at radius 3 is 1.39 bits per heavy atom. The monoisotopic (exact) mass is 835 g/mol. The second-order valence-electron chi connectivity index (χ2n) is 16.3. The van der Waals surface area contributed by atoms with Crippen molar-refractivity contribution in [1.82, 2.24) is 24.1 Å². The first kappa shape index (κ1) is 36.3. The van der Waals surface area contributed by atoms with E-state index in [2.05, 4.69) is 228 Å². The van der Waals surface area contributed by atoms with Gasteiger partial charge in [0.25, 0.3) is 0 Å². The zero-order valence-corrected chi connectivity index (χ0v) is 35.5. The van der Waals surface area contributed by atoms with Crippen LogP contribution in [0.1, 0.15) is 0 Å². The summed E-state index contributed by atoms with van der Waals surface area (Å²) in [7, 11) is -2.99. The first-order valence-electron chi connectivity index (χ1n) is 21.6. The molecule has 0 unspecified atom stereocenters. The summed E-state index contributed by atoms with van der Waals surface area (Å²) in [5.41, 5.74) is 7.15. The minimum absolute atomic E-state index is 0.538. The quantitative estimate of drug-likeness (QED) is 0.157. The molecular formula is C57H37N5OSi. The normalized spacial score (nSPS) is 12.9. The maximum Gasteiger partial charge on any atom is 0.240 e. The van der Waals surface area contributed by atoms with Gasteiger partial charge in [0.05, 0.1) is 22.1 Å². The summed E-state index contributed by atoms with van der Waals surface area (Å²) in [4.78, 5) is 16.5. The lowest BCUT2D eigenvalue weighted by atomic mass is 9.99. The van der Waals surface area contributed by atoms with Gasteiger partial charge in [-0.15, -0.1) is 0 Å². The lowest BCUT2D eigenvalue weighted by molar-refractivity contribution is 0.487. The van der Waals surface area contributed by atoms with Crippen LogP contribution in [0.2, 0.25) is 0 Å². The van der Waals surface area contributed by atoms with Gasteiger partial charge in [-0.1, -0.05) is 188 Å². The van der Waals surface area contributed by atoms with E-state index in [1.807, 2.05) is 6.07 Å². The standard InChI is InChI=1S/C57H37N5OSi/c1-3-19-38(20-4-1)41-23-7-8-27-46(41)55-58-56(61-47-28-12-9-24-42(47)43-25-10-13-29-48(43)61)60-57(59-55)62-49-30-14-11-26-44(49)45-36-35-40(37-50(45)62)64(39-21-5-2-6-22-39)53-33-17-15-31-51(53)63-52-32-16-18-34-54(52)64/h1-37H. The van der Waals surface area contributed by atoms with E-state index in [1.165, 1.54) is 20.7 Å². The average molecular weight is 836 g/mol. The zero-order chi connectivity index (χ0) is 42.2. The largest absolute Gasteiger partial charge is 0.458 e. The highest BCUT2D eigenvalue weighted by atomic mass is 28.3. The van der Waals surface area contributed by atoms with Gasteiger partial charge in [0, 0.05) is 27.1 Å². The number of benzene rings is 9. The van der Waals surface area contributed by atoms with Crippen molar-refractivity contribution >= 4 is 72.4 Å². The number of rotatable bonds is 6. The van der Waals surface area contributed by atoms with Crippen molar-refractivity contribution in [3.8, 4) is 45.9 Å². The highest BCUT2D eigenvalue weighted by molar-refractivity contribution is 7.20. The number of para-hydroxylation sites is 5. The first-order valence-corrected chi connectivity index (χ1v) is 23.6. The topological polar surface area (TPSA) is 57.8 Å². The van der Waals surface area contributed by atoms with Crippen LogP contribution in [0.4, 0.5) is 0 Å². The van der Waals surface area contributed by atoms with Gasteiger partial charge in [-0.05, 0) is 68.3 Å². The molecular weight excluding hydrogens is 799 g/mol. The molecule has 0 radical (unpaired) electrons. The Labute approximate surface area is 370 Å². The van der Waals surface area contributed by atoms with Crippen LogP contribution in [-0.2, 0) is 0 Å². The van der Waals surface area contributed by atoms with Gasteiger partial charge >= 0.3 is 0 Å². The van der Waals surface area contributed by atoms with E-state index in [0.29, 0.717) is 17.7 Å². The van der Waals surface area contributed by atoms with Gasteiger partial charge < -0.3 is 4.74 Å². The highest BCUT2D eigenvalue weighted by Gasteiger charge is 2.48. The predicted octanol–water partition coefficient (Wildman–Crippen LogP) is 10.9. The Balaban J connectivity index is 1.15. The van der Waals surface area contributed by atoms with Gasteiger partial charge in [-0.2, -0.15) is 15.0 Å². The third-order valence-corrected chi connectivity index (χ3v) is 17.8. The molecule has 64 heavy (non-hydrogen) atoms. The molecule has 1 aliphatic rings. The lowest BCUT2D eigenvalue weighted by Gasteiger charge is -2.39. The molecule has 4 heterocycles. The Hall–Kier alpha value is -8.39. The molecule has 0 atom stereocenters. The Kier molecular flexibility index (Phi) is 8.13. The van der Waals surface area contributed by atoms with Crippen molar-refractivity contribution in [1.29, 1.82) is 0 Å². The molecule has 9 aromatic carbocycles. The van der Waals surface area contributed by atoms with E-state index in [-0.39, 0.29) is 0 Å². The Morgan fingerprint density at radius 2 is 0.797 bits per heavy atom. The summed E-state index contributed by atoms with van der Waals surface area (Å²) in [6.45, 7) is 0. The smallest absolute Gasteiger partial charge is 0.240 e. The van der Waals surface area contributed by atoms with Crippen LogP contribution < -0.4 is 25.5 Å². The third-order valence-electron chi connectivity index (χ3n) is 13.0. The second-order valence-corrected chi connectivity index (χ2v) is 20.1. The summed E-state index contributed by atoms with van der Waals surface area (Å²) in [6.07, 6.45) is 0. The lowest BCUT2D eigenvalue weighted by Crippen LogP contribution is -2.76. The van der Waals surface area contributed by atoms with E-state index in [1.54, 1.807) is 0 Å². The molecule has 0 spiro atoms. The van der Waals surface area contributed by atoms with Crippen LogP contribution in [-0.4, -0.2) is 32.2 Å². The maximum absolute atomic E-state index is 6.71. The van der Waals surface area contributed by atoms with Gasteiger partial charge in [0.2, 0.25) is 11.9 Å². The van der Waals surface area contributed by atoms with E-state index in [0.717, 1.165) is 71.8 Å². The molecule has 1 aliphatic heterocycles. The minimum atomic E-state index is -2.99. The molecule has 0 saturated carbocycles. The molecule has 7 heteroatoms. The Bertz CT molecular complexity index is 3680. The van der Waals surface area contributed by atoms with Crippen LogP contribution in [0.15, 0.2) is 224 Å². The molecule has 13 rings (SSSR count). The summed E-state index contributed by atoms with van der Waals surface area (Å²) >= 11 is 0. The highest BCUT2D eigenvalue weighted by Crippen LogP contribution is 2.37. The van der Waals surface area contributed by atoms with Crippen molar-refractivity contribution < 1.29 is 4.74 Å². The fourth-order valence-corrected chi connectivity index (χ4v) is 15.2. The van der Waals surface area contributed by atoms with Crippen LogP contribution in [0.5, 0.6) is 11.5 Å². The molecule has 0 N–H and O–H groups in total. The fourth-order valence-electron chi connectivity index (χ4n) is 10.3. The van der Waals surface area contributed by atoms with E-state index < -0.39 is 8.07 Å². The maximum atomic E-state index is 6.71. The minimum Gasteiger partial charge on any atom is -0.458 e. The Morgan fingerprint density at radius 1 is 0.344 bits per heavy atom. The van der Waals surface area contributed by atoms with Crippen molar-refractivity contribution in [3.63, 3.8) is 0 Å². The number of aromatic nitrogens is 5. The second kappa shape index (κ2) is 14.3. The van der Waals surface area contributed by atoms with Gasteiger partial charge in [0.1, 0.15) is 11.5 Å². The summed E-state index contributed by atoms with van der Waals surface area (Å²) in [5.74, 6) is 3.46. The number of hydrogen-bond donors (Lipinski definition) is 0. The molecule has 0 saturated heterocycles. The number of nitrogens with zero attached hydrogens (tertiary/aromatic N) is 5. The third kappa shape index (κ3) is 5.34. The van der Waals surface area contributed by atoms with Crippen molar-refractivity contribution in [2.45, 2.75) is 0 Å². The van der Waals surface area contributed by atoms with E-state index in [4.69, 9.17) is 19.7 Å². The molecule has 0 aliphatic carbocycles. The summed E-state index contributed by atoms with van der Waals surface area (Å²) in [6, 6.07) is 79.8. The molecule has 0 bridgehead atoms. The molecule has 0 amide bonds. The zero-order valence-electron chi connectivity index (χ0n) is 34.5. The first-order chi connectivity index (χ1) is 31.8. The van der Waals surface area contributed by atoms with E-state index in [9.17, 15) is 0 Å². The van der Waals surface area contributed by atoms with Crippen LogP contribution >= 0.6 is 0 Å². The van der Waals surface area contributed by atoms with Gasteiger partial charge in [-0.3, -0.25) is 9.13 Å². The number of ether oxygens (including phenoxy) is 1. The summed E-state index contributed by atoms with van der Waals surface area (Å²) in [5, 5.41) is 9.49. The SMILES string of the molecule is c1ccc(-c2ccccc2-c2nc(-n3c4ccccc4c4ccccc43)nc(-n3c4ccccc4c4ccc([Si]5(c6ccccc6)c6ccccc6Oc6ccccc65)cc43)n2)cc1. The number of hydrogen-bond acceptors (Lipinski definition) is 4. The van der Waals surface area contributed by atoms with Crippen LogP contribution in [0, 0.1) is 0 Å². The van der Waals surface area contributed by atoms with Gasteiger partial charge in [0.15, 0.2) is 13.9 Å². The summed E-state index contributed by atoms with van der Waals surface area (Å²) < 4.78 is 11.2. The molecule has 6 nitrogen and oxygen atoms in total. The molecule has 300 valence electrons.